The van der Waals surface area contributed by atoms with Gasteiger partial charge in [0.25, 0.3) is 10.1 Å². The molecule has 0 saturated carbocycles. The summed E-state index contributed by atoms with van der Waals surface area (Å²) in [4.78, 5) is 20.0. The van der Waals surface area contributed by atoms with Gasteiger partial charge >= 0.3 is 11.9 Å². The van der Waals surface area contributed by atoms with Gasteiger partial charge in [-0.2, -0.15) is 8.42 Å². The van der Waals surface area contributed by atoms with Gasteiger partial charge in [-0.05, 0) is 0 Å². The molecule has 0 aliphatic rings. The summed E-state index contributed by atoms with van der Waals surface area (Å²) in [5.74, 6) is -3.28. The smallest absolute Gasteiger partial charge is 0.325 e. The zero-order chi connectivity index (χ0) is 14.2. The van der Waals surface area contributed by atoms with Crippen molar-refractivity contribution >= 4 is 33.1 Å². The standard InChI is InChI=1S/C4H6O7S.C2H6O2S/c5-3(6)1-2(4(7)8)12(9,10)11;1-2-5(3)4/h2H,1H2,(H,5,6)(H,7,8)(H,9,10,11);2H2,1H3,(H,3,4)/p-1. The molecule has 102 valence electrons. The summed E-state index contributed by atoms with van der Waals surface area (Å²) in [5, 5.41) is 13.9. The van der Waals surface area contributed by atoms with E-state index in [9.17, 15) is 26.8 Å². The van der Waals surface area contributed by atoms with E-state index in [1.807, 2.05) is 0 Å². The van der Waals surface area contributed by atoms with Gasteiger partial charge < -0.3 is 14.8 Å². The van der Waals surface area contributed by atoms with Gasteiger partial charge in [0.1, 0.15) is 0 Å². The third-order valence-corrected chi connectivity index (χ3v) is 2.79. The predicted octanol–water partition coefficient (Wildman–Crippen LogP) is -1.31. The Morgan fingerprint density at radius 1 is 1.35 bits per heavy atom. The number of hydrogen-bond donors (Lipinski definition) is 3. The molecule has 0 aliphatic heterocycles. The maximum Gasteiger partial charge on any atom is 0.325 e. The van der Waals surface area contributed by atoms with Crippen molar-refractivity contribution in [2.75, 3.05) is 5.75 Å². The number of hydrogen-bond acceptors (Lipinski definition) is 6. The first-order valence-electron chi connectivity index (χ1n) is 3.99. The molecule has 0 spiro atoms. The zero-order valence-electron chi connectivity index (χ0n) is 8.60. The monoisotopic (exact) mass is 291 g/mol. The summed E-state index contributed by atoms with van der Waals surface area (Å²) < 4.78 is 47.4. The van der Waals surface area contributed by atoms with Crippen LogP contribution in [0.15, 0.2) is 0 Å². The molecule has 2 unspecified atom stereocenters. The molecular weight excluding hydrogens is 280 g/mol. The van der Waals surface area contributed by atoms with E-state index >= 15 is 0 Å². The second-order valence-electron chi connectivity index (χ2n) is 2.53. The fraction of sp³-hybridized carbons (Fsp3) is 0.667. The largest absolute Gasteiger partial charge is 0.772 e. The third kappa shape index (κ3) is 11.2. The molecule has 0 rings (SSSR count). The number of aliphatic carboxylic acids is 2. The Hall–Kier alpha value is -1.04. The Morgan fingerprint density at radius 2 is 1.71 bits per heavy atom. The van der Waals surface area contributed by atoms with Gasteiger partial charge in [0.15, 0.2) is 5.25 Å². The third-order valence-electron chi connectivity index (χ3n) is 1.23. The van der Waals surface area contributed by atoms with Crippen molar-refractivity contribution in [1.82, 2.24) is 0 Å². The van der Waals surface area contributed by atoms with Crippen molar-refractivity contribution in [3.8, 4) is 0 Å². The Bertz CT molecular complexity index is 384. The maximum atomic E-state index is 10.2. The lowest BCUT2D eigenvalue weighted by molar-refractivity contribution is -0.143. The summed E-state index contributed by atoms with van der Waals surface area (Å²) in [6.45, 7) is 1.59. The number of rotatable bonds is 5. The van der Waals surface area contributed by atoms with Crippen LogP contribution in [0.25, 0.3) is 0 Å². The predicted molar refractivity (Wildman–Crippen MR) is 54.7 cm³/mol. The van der Waals surface area contributed by atoms with Crippen LogP contribution >= 0.6 is 0 Å². The minimum Gasteiger partial charge on any atom is -0.772 e. The lowest BCUT2D eigenvalue weighted by Crippen LogP contribution is -2.31. The zero-order valence-corrected chi connectivity index (χ0v) is 10.2. The Labute approximate surface area is 99.5 Å². The van der Waals surface area contributed by atoms with Gasteiger partial charge in [0.2, 0.25) is 0 Å². The molecule has 0 radical (unpaired) electrons. The van der Waals surface area contributed by atoms with E-state index in [2.05, 4.69) is 0 Å². The lowest BCUT2D eigenvalue weighted by atomic mass is 10.3. The van der Waals surface area contributed by atoms with Crippen LogP contribution in [0.4, 0.5) is 0 Å². The summed E-state index contributed by atoms with van der Waals surface area (Å²) >= 11 is -1.82. The highest BCUT2D eigenvalue weighted by Gasteiger charge is 2.33. The van der Waals surface area contributed by atoms with Crippen LogP contribution in [0.3, 0.4) is 0 Å². The first kappa shape index (κ1) is 18.3. The highest BCUT2D eigenvalue weighted by molar-refractivity contribution is 7.87. The van der Waals surface area contributed by atoms with Crippen molar-refractivity contribution in [3.63, 3.8) is 0 Å². The summed E-state index contributed by atoms with van der Waals surface area (Å²) in [7, 11) is -4.84. The first-order valence-corrected chi connectivity index (χ1v) is 6.73. The summed E-state index contributed by atoms with van der Waals surface area (Å²) in [6.07, 6.45) is -1.16. The van der Waals surface area contributed by atoms with E-state index in [-0.39, 0.29) is 5.75 Å². The molecule has 2 atom stereocenters. The van der Waals surface area contributed by atoms with Crippen molar-refractivity contribution < 1.29 is 41.5 Å². The molecule has 0 saturated heterocycles. The van der Waals surface area contributed by atoms with E-state index in [0.717, 1.165) is 0 Å². The van der Waals surface area contributed by atoms with Crippen molar-refractivity contribution in [3.05, 3.63) is 0 Å². The molecule has 0 aromatic carbocycles. The minimum atomic E-state index is -4.84. The molecule has 0 aliphatic carbocycles. The van der Waals surface area contributed by atoms with Gasteiger partial charge in [0, 0.05) is 5.75 Å². The molecule has 0 aromatic heterocycles. The average molecular weight is 291 g/mol. The molecule has 11 heteroatoms. The van der Waals surface area contributed by atoms with Crippen LogP contribution in [0.5, 0.6) is 0 Å². The van der Waals surface area contributed by atoms with Crippen LogP contribution < -0.4 is 0 Å². The van der Waals surface area contributed by atoms with Crippen LogP contribution in [0.2, 0.25) is 0 Å². The fourth-order valence-electron chi connectivity index (χ4n) is 0.479. The second kappa shape index (κ2) is 8.11. The normalized spacial score (nSPS) is 14.1. The van der Waals surface area contributed by atoms with Gasteiger partial charge in [-0.3, -0.25) is 18.4 Å². The number of carboxylic acid groups (broad SMARTS) is 2. The van der Waals surface area contributed by atoms with Crippen molar-refractivity contribution in [1.29, 1.82) is 0 Å². The topological polar surface area (TPSA) is 169 Å². The quantitative estimate of drug-likeness (QED) is 0.411. The highest BCUT2D eigenvalue weighted by Crippen LogP contribution is 2.04. The van der Waals surface area contributed by atoms with Crippen LogP contribution in [0, 0.1) is 0 Å². The Morgan fingerprint density at radius 3 is 1.76 bits per heavy atom. The molecule has 0 fully saturated rings. The van der Waals surface area contributed by atoms with Crippen molar-refractivity contribution in [2.24, 2.45) is 0 Å². The van der Waals surface area contributed by atoms with E-state index in [1.165, 1.54) is 0 Å². The highest BCUT2D eigenvalue weighted by atomic mass is 32.2. The Balaban J connectivity index is 0. The minimum absolute atomic E-state index is 0.222. The molecule has 0 aromatic rings. The van der Waals surface area contributed by atoms with Gasteiger partial charge in [0.05, 0.1) is 6.42 Å². The van der Waals surface area contributed by atoms with Gasteiger partial charge in [-0.25, -0.2) is 0 Å². The SMILES string of the molecule is CCS(=O)[O-].O=C(O)CC(C(=O)O)S(=O)(=O)O. The average Bonchev–Trinajstić information content (AvgIpc) is 2.12. The van der Waals surface area contributed by atoms with E-state index < -0.39 is 44.8 Å². The van der Waals surface area contributed by atoms with Gasteiger partial charge in [-0.1, -0.05) is 18.0 Å². The van der Waals surface area contributed by atoms with Crippen LogP contribution in [0.1, 0.15) is 13.3 Å². The molecule has 9 nitrogen and oxygen atoms in total. The van der Waals surface area contributed by atoms with E-state index in [1.54, 1.807) is 6.92 Å². The van der Waals surface area contributed by atoms with Crippen molar-refractivity contribution in [2.45, 2.75) is 18.6 Å². The van der Waals surface area contributed by atoms with Crippen LogP contribution in [-0.4, -0.2) is 54.9 Å². The van der Waals surface area contributed by atoms with E-state index in [0.29, 0.717) is 0 Å². The molecule has 17 heavy (non-hydrogen) atoms. The Kier molecular flexibility index (Phi) is 8.74. The maximum absolute atomic E-state index is 10.2. The molecular formula is C6H11O9S2-. The fourth-order valence-corrected chi connectivity index (χ4v) is 1.09. The molecule has 0 heterocycles. The summed E-state index contributed by atoms with van der Waals surface area (Å²) in [6, 6.07) is 0. The molecule has 0 amide bonds. The van der Waals surface area contributed by atoms with Gasteiger partial charge in [-0.15, -0.1) is 0 Å². The second-order valence-corrected chi connectivity index (χ2v) is 5.32. The van der Waals surface area contributed by atoms with Crippen LogP contribution in [-0.2, 0) is 30.8 Å². The van der Waals surface area contributed by atoms with E-state index in [4.69, 9.17) is 14.8 Å². The molecule has 3 N–H and O–H groups in total. The first-order chi connectivity index (χ1) is 7.52. The lowest BCUT2D eigenvalue weighted by Gasteiger charge is -2.04. The number of carboxylic acids is 2. The number of carbonyl (C=O) groups is 2. The molecule has 0 bridgehead atoms. The summed E-state index contributed by atoms with van der Waals surface area (Å²) in [5.41, 5.74) is 0.